The summed E-state index contributed by atoms with van der Waals surface area (Å²) in [6, 6.07) is 0. The van der Waals surface area contributed by atoms with Crippen LogP contribution in [0.25, 0.3) is 0 Å². The zero-order valence-electron chi connectivity index (χ0n) is 17.1. The van der Waals surface area contributed by atoms with Crippen molar-refractivity contribution in [2.75, 3.05) is 0 Å². The van der Waals surface area contributed by atoms with E-state index in [2.05, 4.69) is 32.9 Å². The lowest BCUT2D eigenvalue weighted by molar-refractivity contribution is 0.111. The third-order valence-electron chi connectivity index (χ3n) is 4.74. The van der Waals surface area contributed by atoms with Gasteiger partial charge in [-0.25, -0.2) is 0 Å². The normalized spacial score (nSPS) is 12.2. The molecule has 0 spiro atoms. The topological polar surface area (TPSA) is 77.8 Å². The average molecular weight is 373 g/mol. The molecule has 0 bridgehead atoms. The van der Waals surface area contributed by atoms with Crippen LogP contribution in [0.1, 0.15) is 74.9 Å². The van der Waals surface area contributed by atoms with Gasteiger partial charge in [-0.05, 0) is 72.3 Å². The molecule has 0 heterocycles. The molecule has 0 aliphatic carbocycles. The molecule has 1 aromatic carbocycles. The van der Waals surface area contributed by atoms with Crippen LogP contribution in [0.3, 0.4) is 0 Å². The van der Waals surface area contributed by atoms with Crippen molar-refractivity contribution in [3.63, 3.8) is 0 Å². The van der Waals surface area contributed by atoms with Gasteiger partial charge in [0.05, 0.1) is 5.56 Å². The summed E-state index contributed by atoms with van der Waals surface area (Å²) >= 11 is 0. The van der Waals surface area contributed by atoms with Gasteiger partial charge in [0, 0.05) is 5.56 Å². The lowest BCUT2D eigenvalue weighted by atomic mass is 9.96. The molecule has 3 N–H and O–H groups in total. The summed E-state index contributed by atoms with van der Waals surface area (Å²) in [5, 5.41) is 29.7. The van der Waals surface area contributed by atoms with E-state index in [4.69, 9.17) is 0 Å². The van der Waals surface area contributed by atoms with Crippen molar-refractivity contribution in [1.82, 2.24) is 0 Å². The number of carbonyl (C=O) groups excluding carboxylic acids is 1. The van der Waals surface area contributed by atoms with Crippen LogP contribution < -0.4 is 0 Å². The monoisotopic (exact) mass is 372 g/mol. The summed E-state index contributed by atoms with van der Waals surface area (Å²) < 4.78 is 0. The molecule has 148 valence electrons. The van der Waals surface area contributed by atoms with E-state index in [9.17, 15) is 20.1 Å². The van der Waals surface area contributed by atoms with Crippen LogP contribution in [0.15, 0.2) is 34.9 Å². The van der Waals surface area contributed by atoms with Gasteiger partial charge in [0.2, 0.25) is 5.75 Å². The molecule has 0 aromatic heterocycles. The summed E-state index contributed by atoms with van der Waals surface area (Å²) in [6.45, 7) is 10.1. The van der Waals surface area contributed by atoms with Gasteiger partial charge in [-0.1, -0.05) is 34.9 Å². The lowest BCUT2D eigenvalue weighted by Crippen LogP contribution is -1.97. The second-order valence-electron chi connectivity index (χ2n) is 7.34. The first kappa shape index (κ1) is 22.6. The van der Waals surface area contributed by atoms with Crippen LogP contribution >= 0.6 is 0 Å². The van der Waals surface area contributed by atoms with Gasteiger partial charge in [-0.3, -0.25) is 4.79 Å². The van der Waals surface area contributed by atoms with E-state index in [0.29, 0.717) is 23.8 Å². The van der Waals surface area contributed by atoms with Crippen LogP contribution in [0.5, 0.6) is 17.2 Å². The average Bonchev–Trinajstić information content (AvgIpc) is 2.60. The highest BCUT2D eigenvalue weighted by Crippen LogP contribution is 2.42. The Labute approximate surface area is 162 Å². The minimum absolute atomic E-state index is 0.0151. The molecule has 0 aliphatic heterocycles. The summed E-state index contributed by atoms with van der Waals surface area (Å²) in [4.78, 5) is 11.1. The highest BCUT2D eigenvalue weighted by atomic mass is 16.3. The number of rotatable bonds is 9. The number of phenols is 3. The van der Waals surface area contributed by atoms with Gasteiger partial charge >= 0.3 is 0 Å². The Bertz CT molecular complexity index is 763. The zero-order valence-corrected chi connectivity index (χ0v) is 17.1. The molecule has 4 nitrogen and oxygen atoms in total. The van der Waals surface area contributed by atoms with E-state index in [1.165, 1.54) is 16.7 Å². The molecule has 0 saturated carbocycles. The maximum atomic E-state index is 11.1. The lowest BCUT2D eigenvalue weighted by Gasteiger charge is -2.13. The summed E-state index contributed by atoms with van der Waals surface area (Å²) in [7, 11) is 0. The number of phenolic OH excluding ortho intramolecular Hbond substituents is 3. The van der Waals surface area contributed by atoms with Crippen LogP contribution in [0.2, 0.25) is 0 Å². The largest absolute Gasteiger partial charge is 0.504 e. The maximum absolute atomic E-state index is 11.1. The van der Waals surface area contributed by atoms with Crippen molar-refractivity contribution in [1.29, 1.82) is 0 Å². The molecule has 0 unspecified atom stereocenters. The second-order valence-corrected chi connectivity index (χ2v) is 7.34. The predicted octanol–water partition coefficient (Wildman–Crippen LogP) is 5.89. The van der Waals surface area contributed by atoms with Gasteiger partial charge < -0.3 is 15.3 Å². The smallest absolute Gasteiger partial charge is 0.201 e. The van der Waals surface area contributed by atoms with Gasteiger partial charge in [-0.2, -0.15) is 0 Å². The number of allylic oxidation sites excluding steroid dienone is 6. The Hall–Kier alpha value is -2.49. The minimum Gasteiger partial charge on any atom is -0.504 e. The predicted molar refractivity (Wildman–Crippen MR) is 111 cm³/mol. The molecule has 27 heavy (non-hydrogen) atoms. The van der Waals surface area contributed by atoms with E-state index in [-0.39, 0.29) is 11.3 Å². The van der Waals surface area contributed by atoms with E-state index >= 15 is 0 Å². The molecular formula is C23H32O4. The van der Waals surface area contributed by atoms with Crippen LogP contribution in [-0.2, 0) is 6.42 Å². The van der Waals surface area contributed by atoms with Crippen molar-refractivity contribution < 1.29 is 20.1 Å². The summed E-state index contributed by atoms with van der Waals surface area (Å²) in [6.07, 6.45) is 11.4. The molecule has 0 aliphatic rings. The molecule has 0 saturated heterocycles. The minimum atomic E-state index is -0.640. The van der Waals surface area contributed by atoms with E-state index in [0.717, 1.165) is 25.7 Å². The van der Waals surface area contributed by atoms with Crippen molar-refractivity contribution in [3.8, 4) is 17.2 Å². The first-order valence-electron chi connectivity index (χ1n) is 9.35. The maximum Gasteiger partial charge on any atom is 0.201 e. The quantitative estimate of drug-likeness (QED) is 0.287. The van der Waals surface area contributed by atoms with Gasteiger partial charge in [0.25, 0.3) is 0 Å². The van der Waals surface area contributed by atoms with E-state index in [1.807, 2.05) is 13.0 Å². The fourth-order valence-corrected chi connectivity index (χ4v) is 2.91. The van der Waals surface area contributed by atoms with Crippen molar-refractivity contribution in [3.05, 3.63) is 51.6 Å². The van der Waals surface area contributed by atoms with Crippen molar-refractivity contribution in [2.45, 2.75) is 66.7 Å². The van der Waals surface area contributed by atoms with Gasteiger partial charge in [-0.15, -0.1) is 0 Å². The van der Waals surface area contributed by atoms with E-state index in [1.54, 1.807) is 6.92 Å². The van der Waals surface area contributed by atoms with Gasteiger partial charge in [0.1, 0.15) is 0 Å². The third-order valence-corrected chi connectivity index (χ3v) is 4.74. The number of hydrogen-bond acceptors (Lipinski definition) is 4. The summed E-state index contributed by atoms with van der Waals surface area (Å²) in [5.41, 5.74) is 4.85. The number of carbonyl (C=O) groups is 1. The van der Waals surface area contributed by atoms with Crippen molar-refractivity contribution >= 4 is 6.29 Å². The number of benzene rings is 1. The molecule has 0 radical (unpaired) electrons. The first-order chi connectivity index (χ1) is 12.7. The molecule has 0 atom stereocenters. The standard InChI is InChI=1S/C23H32O4/c1-15(2)8-6-9-16(3)10-7-11-17(4)12-13-19-18(5)20(14-24)22(26)23(27)21(19)25/h8,10,12,14,25-27H,6-7,9,11,13H2,1-5H3/b16-10+,17-12+. The Kier molecular flexibility index (Phi) is 8.86. The Balaban J connectivity index is 2.74. The van der Waals surface area contributed by atoms with E-state index < -0.39 is 11.5 Å². The highest BCUT2D eigenvalue weighted by molar-refractivity contribution is 5.85. The Morgan fingerprint density at radius 2 is 1.37 bits per heavy atom. The molecular weight excluding hydrogens is 340 g/mol. The van der Waals surface area contributed by atoms with Crippen LogP contribution in [0.4, 0.5) is 0 Å². The SMILES string of the molecule is CC(C)=CCC/C(C)=C/CC/C(C)=C/Cc1c(C)c(C=O)c(O)c(O)c1O. The fraction of sp³-hybridized carbons (Fsp3) is 0.435. The number of aldehydes is 1. The highest BCUT2D eigenvalue weighted by Gasteiger charge is 2.19. The zero-order chi connectivity index (χ0) is 20.6. The molecule has 1 aromatic rings. The molecule has 1 rings (SSSR count). The van der Waals surface area contributed by atoms with Crippen LogP contribution in [-0.4, -0.2) is 21.6 Å². The second kappa shape index (κ2) is 10.6. The van der Waals surface area contributed by atoms with Crippen LogP contribution in [0, 0.1) is 6.92 Å². The van der Waals surface area contributed by atoms with Crippen molar-refractivity contribution in [2.24, 2.45) is 0 Å². The summed E-state index contributed by atoms with van der Waals surface area (Å²) in [5.74, 6) is -1.58. The Morgan fingerprint density at radius 3 is 1.93 bits per heavy atom. The third kappa shape index (κ3) is 6.63. The number of hydrogen-bond donors (Lipinski definition) is 3. The first-order valence-corrected chi connectivity index (χ1v) is 9.35. The molecule has 0 amide bonds. The molecule has 0 fully saturated rings. The Morgan fingerprint density at radius 1 is 0.815 bits per heavy atom. The number of aromatic hydroxyl groups is 3. The molecule has 4 heteroatoms. The fourth-order valence-electron chi connectivity index (χ4n) is 2.91. The van der Waals surface area contributed by atoms with Gasteiger partial charge in [0.15, 0.2) is 17.8 Å².